The number of hydrogen-bond acceptors (Lipinski definition) is 4. The van der Waals surface area contributed by atoms with Crippen LogP contribution in [0.15, 0.2) is 22.7 Å². The Bertz CT molecular complexity index is 448. The Balaban J connectivity index is 2.74. The van der Waals surface area contributed by atoms with Gasteiger partial charge in [-0.25, -0.2) is 4.79 Å². The fraction of sp³-hybridized carbons (Fsp3) is 0.333. The predicted molar refractivity (Wildman–Crippen MR) is 71.1 cm³/mol. The number of benzene rings is 1. The topological polar surface area (TPSA) is 52.6 Å². The van der Waals surface area contributed by atoms with Gasteiger partial charge >= 0.3 is 11.9 Å². The van der Waals surface area contributed by atoms with Crippen molar-refractivity contribution in [3.8, 4) is 5.75 Å². The molecule has 0 spiro atoms. The second-order valence-electron chi connectivity index (χ2n) is 3.40. The predicted octanol–water partition coefficient (Wildman–Crippen LogP) is 3.16. The van der Waals surface area contributed by atoms with Crippen molar-refractivity contribution in [1.29, 1.82) is 0 Å². The fourth-order valence-electron chi connectivity index (χ4n) is 1.21. The maximum absolute atomic E-state index is 11.4. The average molecular weight is 336 g/mol. The minimum atomic E-state index is -0.448. The third-order valence-corrected chi connectivity index (χ3v) is 2.98. The first-order valence-corrected chi connectivity index (χ1v) is 6.55. The molecule has 0 heterocycles. The molecule has 0 radical (unpaired) electrons. The first-order chi connectivity index (χ1) is 8.58. The lowest BCUT2D eigenvalue weighted by Crippen LogP contribution is -2.09. The van der Waals surface area contributed by atoms with Gasteiger partial charge < -0.3 is 9.47 Å². The Hall–Kier alpha value is -1.07. The molecule has 6 heteroatoms. The third kappa shape index (κ3) is 4.31. The monoisotopic (exact) mass is 334 g/mol. The standard InChI is InChI=1S/C12H12BrClO4/c1-17-12(16)8-4-5-10(9(13)7-8)18-11(15)3-2-6-14/h4-5,7H,2-3,6H2,1H3. The number of esters is 2. The van der Waals surface area contributed by atoms with Crippen LogP contribution in [-0.4, -0.2) is 24.9 Å². The summed E-state index contributed by atoms with van der Waals surface area (Å²) in [4.78, 5) is 22.7. The van der Waals surface area contributed by atoms with Gasteiger partial charge in [-0.3, -0.25) is 4.79 Å². The summed E-state index contributed by atoms with van der Waals surface area (Å²) >= 11 is 8.71. The zero-order chi connectivity index (χ0) is 13.5. The summed E-state index contributed by atoms with van der Waals surface area (Å²) in [5.41, 5.74) is 0.380. The van der Waals surface area contributed by atoms with Gasteiger partial charge in [-0.1, -0.05) is 0 Å². The minimum Gasteiger partial charge on any atom is -0.465 e. The van der Waals surface area contributed by atoms with Gasteiger partial charge in [0.15, 0.2) is 0 Å². The van der Waals surface area contributed by atoms with E-state index in [2.05, 4.69) is 20.7 Å². The van der Waals surface area contributed by atoms with E-state index in [1.807, 2.05) is 0 Å². The van der Waals surface area contributed by atoms with Gasteiger partial charge in [-0.05, 0) is 40.5 Å². The molecule has 0 saturated carbocycles. The zero-order valence-corrected chi connectivity index (χ0v) is 12.1. The molecular formula is C12H12BrClO4. The average Bonchev–Trinajstić information content (AvgIpc) is 2.37. The van der Waals surface area contributed by atoms with Gasteiger partial charge in [0.1, 0.15) is 5.75 Å². The molecule has 0 bridgehead atoms. The van der Waals surface area contributed by atoms with Crippen LogP contribution in [0.1, 0.15) is 23.2 Å². The van der Waals surface area contributed by atoms with Crippen LogP contribution in [0.25, 0.3) is 0 Å². The summed E-state index contributed by atoms with van der Waals surface area (Å²) in [6.07, 6.45) is 0.826. The molecule has 18 heavy (non-hydrogen) atoms. The van der Waals surface area contributed by atoms with Crippen LogP contribution < -0.4 is 4.74 Å². The molecule has 0 saturated heterocycles. The summed E-state index contributed by atoms with van der Waals surface area (Å²) in [7, 11) is 1.30. The quantitative estimate of drug-likeness (QED) is 0.471. The van der Waals surface area contributed by atoms with Crippen molar-refractivity contribution < 1.29 is 19.1 Å². The first-order valence-electron chi connectivity index (χ1n) is 5.23. The molecule has 1 rings (SSSR count). The smallest absolute Gasteiger partial charge is 0.337 e. The van der Waals surface area contributed by atoms with Crippen LogP contribution in [0.4, 0.5) is 0 Å². The third-order valence-electron chi connectivity index (χ3n) is 2.09. The van der Waals surface area contributed by atoms with Crippen molar-refractivity contribution >= 4 is 39.5 Å². The zero-order valence-electron chi connectivity index (χ0n) is 9.74. The molecule has 0 aliphatic rings. The van der Waals surface area contributed by atoms with Crippen molar-refractivity contribution in [2.45, 2.75) is 12.8 Å². The van der Waals surface area contributed by atoms with Crippen molar-refractivity contribution in [1.82, 2.24) is 0 Å². The van der Waals surface area contributed by atoms with E-state index in [9.17, 15) is 9.59 Å². The van der Waals surface area contributed by atoms with Gasteiger partial charge in [-0.15, -0.1) is 11.6 Å². The summed E-state index contributed by atoms with van der Waals surface area (Å²) in [6, 6.07) is 4.60. The van der Waals surface area contributed by atoms with E-state index >= 15 is 0 Å². The van der Waals surface area contributed by atoms with Crippen LogP contribution >= 0.6 is 27.5 Å². The van der Waals surface area contributed by atoms with E-state index in [0.717, 1.165) is 0 Å². The molecule has 0 aromatic heterocycles. The highest BCUT2D eigenvalue weighted by molar-refractivity contribution is 9.10. The lowest BCUT2D eigenvalue weighted by atomic mass is 10.2. The molecule has 1 aromatic rings. The highest BCUT2D eigenvalue weighted by Crippen LogP contribution is 2.26. The fourth-order valence-corrected chi connectivity index (χ4v) is 1.81. The van der Waals surface area contributed by atoms with E-state index in [1.54, 1.807) is 0 Å². The minimum absolute atomic E-state index is 0.259. The van der Waals surface area contributed by atoms with Crippen molar-refractivity contribution in [3.05, 3.63) is 28.2 Å². The van der Waals surface area contributed by atoms with Crippen LogP contribution in [0.2, 0.25) is 0 Å². The van der Waals surface area contributed by atoms with E-state index in [1.165, 1.54) is 25.3 Å². The van der Waals surface area contributed by atoms with Gasteiger partial charge in [0, 0.05) is 12.3 Å². The summed E-state index contributed by atoms with van der Waals surface area (Å²) in [5.74, 6) is -0.0301. The second-order valence-corrected chi connectivity index (χ2v) is 4.64. The summed E-state index contributed by atoms with van der Waals surface area (Å²) in [6.45, 7) is 0. The number of carbonyl (C=O) groups is 2. The highest BCUT2D eigenvalue weighted by Gasteiger charge is 2.11. The summed E-state index contributed by atoms with van der Waals surface area (Å²) in [5, 5.41) is 0. The lowest BCUT2D eigenvalue weighted by molar-refractivity contribution is -0.134. The lowest BCUT2D eigenvalue weighted by Gasteiger charge is -2.07. The van der Waals surface area contributed by atoms with Crippen molar-refractivity contribution in [2.24, 2.45) is 0 Å². The van der Waals surface area contributed by atoms with Gasteiger partial charge in [0.05, 0.1) is 17.1 Å². The molecule has 0 aliphatic carbocycles. The van der Waals surface area contributed by atoms with Crippen LogP contribution in [0.3, 0.4) is 0 Å². The molecule has 0 N–H and O–H groups in total. The molecule has 0 aliphatic heterocycles. The van der Waals surface area contributed by atoms with Gasteiger partial charge in [0.25, 0.3) is 0 Å². The molecular weight excluding hydrogens is 323 g/mol. The Morgan fingerprint density at radius 3 is 2.67 bits per heavy atom. The van der Waals surface area contributed by atoms with Crippen LogP contribution in [0.5, 0.6) is 5.75 Å². The Morgan fingerprint density at radius 1 is 1.39 bits per heavy atom. The van der Waals surface area contributed by atoms with Gasteiger partial charge in [0.2, 0.25) is 0 Å². The Kier molecular flexibility index (Phi) is 6.15. The van der Waals surface area contributed by atoms with Gasteiger partial charge in [-0.2, -0.15) is 0 Å². The second kappa shape index (κ2) is 7.38. The molecule has 0 fully saturated rings. The van der Waals surface area contributed by atoms with E-state index in [4.69, 9.17) is 16.3 Å². The molecule has 1 aromatic carbocycles. The Morgan fingerprint density at radius 2 is 2.11 bits per heavy atom. The number of methoxy groups -OCH3 is 1. The van der Waals surface area contributed by atoms with E-state index < -0.39 is 5.97 Å². The normalized spacial score (nSPS) is 9.94. The molecule has 0 atom stereocenters. The number of rotatable bonds is 5. The first kappa shape index (κ1) is 15.0. The number of hydrogen-bond donors (Lipinski definition) is 0. The Labute approximate surface area is 118 Å². The molecule has 0 unspecified atom stereocenters. The summed E-state index contributed by atoms with van der Waals surface area (Å²) < 4.78 is 10.2. The molecule has 0 amide bonds. The molecule has 4 nitrogen and oxygen atoms in total. The number of ether oxygens (including phenoxy) is 2. The number of carbonyl (C=O) groups excluding carboxylic acids is 2. The van der Waals surface area contributed by atoms with Crippen LogP contribution in [-0.2, 0) is 9.53 Å². The maximum atomic E-state index is 11.4. The van der Waals surface area contributed by atoms with E-state index in [0.29, 0.717) is 28.1 Å². The maximum Gasteiger partial charge on any atom is 0.337 e. The number of halogens is 2. The number of alkyl halides is 1. The highest BCUT2D eigenvalue weighted by atomic mass is 79.9. The SMILES string of the molecule is COC(=O)c1ccc(OC(=O)CCCCl)c(Br)c1. The van der Waals surface area contributed by atoms with E-state index in [-0.39, 0.29) is 12.4 Å². The van der Waals surface area contributed by atoms with Crippen molar-refractivity contribution in [3.63, 3.8) is 0 Å². The van der Waals surface area contributed by atoms with Crippen molar-refractivity contribution in [2.75, 3.05) is 13.0 Å². The molecule has 98 valence electrons. The van der Waals surface area contributed by atoms with Crippen LogP contribution in [0, 0.1) is 0 Å². The largest absolute Gasteiger partial charge is 0.465 e.